The lowest BCUT2D eigenvalue weighted by Crippen LogP contribution is -2.04. The molecule has 1 aliphatic rings. The van der Waals surface area contributed by atoms with Crippen molar-refractivity contribution in [3.05, 3.63) is 29.2 Å². The van der Waals surface area contributed by atoms with Crippen LogP contribution in [0, 0.1) is 19.8 Å². The van der Waals surface area contributed by atoms with Gasteiger partial charge in [0.2, 0.25) is 0 Å². The molecule has 2 aromatic rings. The summed E-state index contributed by atoms with van der Waals surface area (Å²) in [6.07, 6.45) is 15.3. The van der Waals surface area contributed by atoms with Crippen LogP contribution in [0.3, 0.4) is 0 Å². The maximum atomic E-state index is 11.2. The Morgan fingerprint density at radius 1 is 1.14 bits per heavy atom. The first-order chi connectivity index (χ1) is 13.9. The van der Waals surface area contributed by atoms with E-state index in [-0.39, 0.29) is 5.78 Å². The second-order valence-electron chi connectivity index (χ2n) is 8.11. The Labute approximate surface area is 176 Å². The molecule has 1 aliphatic carbocycles. The van der Waals surface area contributed by atoms with Crippen LogP contribution in [0.5, 0.6) is 0 Å². The number of aliphatic hydroxyl groups is 1. The van der Waals surface area contributed by atoms with E-state index in [9.17, 15) is 4.79 Å². The van der Waals surface area contributed by atoms with Crippen LogP contribution in [0.2, 0.25) is 0 Å². The average molecular weight is 404 g/mol. The molecule has 29 heavy (non-hydrogen) atoms. The van der Waals surface area contributed by atoms with Gasteiger partial charge in [-0.2, -0.15) is 5.10 Å². The number of hydrogen-bond acceptors (Lipinski definition) is 4. The van der Waals surface area contributed by atoms with E-state index in [0.717, 1.165) is 30.1 Å². The van der Waals surface area contributed by atoms with Crippen molar-refractivity contribution in [2.24, 2.45) is 5.92 Å². The number of hydrogen-bond donors (Lipinski definition) is 1. The number of Topliss-reactive ketones (excluding diaryl/α,β-unsaturated/α-hetero) is 1. The zero-order chi connectivity index (χ0) is 21.6. The largest absolute Gasteiger partial charge is 0.396 e. The number of nitrogens with zero attached hydrogens (tertiary/aromatic N) is 3. The van der Waals surface area contributed by atoms with E-state index < -0.39 is 0 Å². The van der Waals surface area contributed by atoms with Crippen LogP contribution in [0.15, 0.2) is 12.3 Å². The molecule has 1 N–H and O–H groups in total. The number of aromatic nitrogens is 3. The van der Waals surface area contributed by atoms with Crippen molar-refractivity contribution >= 4 is 11.4 Å². The maximum absolute atomic E-state index is 11.2. The minimum Gasteiger partial charge on any atom is -0.396 e. The summed E-state index contributed by atoms with van der Waals surface area (Å²) in [6.45, 7) is 10.1. The smallest absolute Gasteiger partial charge is 0.166 e. The summed E-state index contributed by atoms with van der Waals surface area (Å²) in [4.78, 5) is 15.5. The summed E-state index contributed by atoms with van der Waals surface area (Å²) < 4.78 is 1.68. The molecule has 0 radical (unpaired) electrons. The summed E-state index contributed by atoms with van der Waals surface area (Å²) in [5, 5.41) is 12.3. The summed E-state index contributed by atoms with van der Waals surface area (Å²) >= 11 is 0. The van der Waals surface area contributed by atoms with E-state index in [2.05, 4.69) is 23.9 Å². The van der Waals surface area contributed by atoms with E-state index in [0.29, 0.717) is 17.8 Å². The van der Waals surface area contributed by atoms with Crippen LogP contribution >= 0.6 is 0 Å². The van der Waals surface area contributed by atoms with E-state index in [1.54, 1.807) is 10.7 Å². The van der Waals surface area contributed by atoms with Crippen molar-refractivity contribution in [2.45, 2.75) is 98.8 Å². The van der Waals surface area contributed by atoms with Crippen LogP contribution in [-0.2, 0) is 0 Å². The lowest BCUT2D eigenvalue weighted by molar-refractivity contribution is 0.101. The SMILES string of the molecule is CC(=O)c1cnn2c(C)cc(C)nc12.CCCC1CCCCC1.CCCCCO. The molecule has 0 unspecified atom stereocenters. The van der Waals surface area contributed by atoms with Gasteiger partial charge in [-0.15, -0.1) is 0 Å². The highest BCUT2D eigenvalue weighted by atomic mass is 16.2. The molecule has 1 saturated carbocycles. The Bertz CT molecular complexity index is 711. The van der Waals surface area contributed by atoms with Gasteiger partial charge in [-0.3, -0.25) is 4.79 Å². The second-order valence-corrected chi connectivity index (χ2v) is 8.11. The third-order valence-electron chi connectivity index (χ3n) is 5.34. The summed E-state index contributed by atoms with van der Waals surface area (Å²) in [6, 6.07) is 1.93. The van der Waals surface area contributed by atoms with Crippen molar-refractivity contribution in [1.82, 2.24) is 14.6 Å². The molecule has 3 rings (SSSR count). The molecule has 2 heterocycles. The predicted octanol–water partition coefficient (Wildman–Crippen LogP) is 6.08. The lowest BCUT2D eigenvalue weighted by Gasteiger charge is -2.20. The van der Waals surface area contributed by atoms with Gasteiger partial charge in [0.05, 0.1) is 11.8 Å². The third kappa shape index (κ3) is 9.07. The number of unbranched alkanes of at least 4 members (excludes halogenated alkanes) is 2. The van der Waals surface area contributed by atoms with Crippen molar-refractivity contribution < 1.29 is 9.90 Å². The minimum atomic E-state index is -0.00231. The standard InChI is InChI=1S/C10H11N3O.C9H18.C5H12O/c1-6-4-7(2)13-10(12-6)9(5-11-13)8(3)14;1-2-6-9-7-4-3-5-8-9;1-2-3-4-5-6/h4-5H,1-3H3;9H,2-8H2,1H3;6H,2-5H2,1H3. The van der Waals surface area contributed by atoms with Gasteiger partial charge >= 0.3 is 0 Å². The van der Waals surface area contributed by atoms with E-state index in [1.807, 2.05) is 19.9 Å². The highest BCUT2D eigenvalue weighted by Crippen LogP contribution is 2.26. The zero-order valence-electron chi connectivity index (χ0n) is 19.2. The Morgan fingerprint density at radius 2 is 1.83 bits per heavy atom. The van der Waals surface area contributed by atoms with E-state index >= 15 is 0 Å². The lowest BCUT2D eigenvalue weighted by atomic mass is 9.86. The molecule has 0 bridgehead atoms. The molecular formula is C24H41N3O2. The Hall–Kier alpha value is -1.75. The molecule has 0 saturated heterocycles. The van der Waals surface area contributed by atoms with Crippen LogP contribution in [0.25, 0.3) is 5.65 Å². The molecule has 0 amide bonds. The molecule has 0 aromatic carbocycles. The van der Waals surface area contributed by atoms with Crippen LogP contribution in [0.1, 0.15) is 107 Å². The van der Waals surface area contributed by atoms with E-state index in [1.165, 1.54) is 58.3 Å². The molecule has 5 heteroatoms. The Morgan fingerprint density at radius 3 is 2.34 bits per heavy atom. The summed E-state index contributed by atoms with van der Waals surface area (Å²) in [5.41, 5.74) is 3.12. The molecule has 2 aromatic heterocycles. The fraction of sp³-hybridized carbons (Fsp3) is 0.708. The van der Waals surface area contributed by atoms with E-state index in [4.69, 9.17) is 5.11 Å². The van der Waals surface area contributed by atoms with Gasteiger partial charge in [0.1, 0.15) is 0 Å². The first-order valence-electron chi connectivity index (χ1n) is 11.4. The third-order valence-corrected chi connectivity index (χ3v) is 5.34. The highest BCUT2D eigenvalue weighted by molar-refractivity contribution is 5.99. The topological polar surface area (TPSA) is 67.5 Å². The average Bonchev–Trinajstić information content (AvgIpc) is 3.13. The van der Waals surface area contributed by atoms with Gasteiger partial charge in [-0.05, 0) is 39.2 Å². The number of rotatable bonds is 6. The number of ketones is 1. The van der Waals surface area contributed by atoms with Crippen molar-refractivity contribution in [2.75, 3.05) is 6.61 Å². The van der Waals surface area contributed by atoms with Gasteiger partial charge in [0.15, 0.2) is 11.4 Å². The molecule has 0 atom stereocenters. The highest BCUT2D eigenvalue weighted by Gasteiger charge is 2.11. The number of aryl methyl sites for hydroxylation is 2. The maximum Gasteiger partial charge on any atom is 0.166 e. The first kappa shape index (κ1) is 25.3. The normalized spacial score (nSPS) is 14.0. The van der Waals surface area contributed by atoms with Crippen molar-refractivity contribution in [1.29, 1.82) is 0 Å². The zero-order valence-corrected chi connectivity index (χ0v) is 19.2. The molecule has 5 nitrogen and oxygen atoms in total. The first-order valence-corrected chi connectivity index (χ1v) is 11.4. The molecule has 164 valence electrons. The molecule has 1 fully saturated rings. The van der Waals surface area contributed by atoms with Crippen molar-refractivity contribution in [3.63, 3.8) is 0 Å². The van der Waals surface area contributed by atoms with Crippen LogP contribution in [-0.4, -0.2) is 32.1 Å². The fourth-order valence-corrected chi connectivity index (χ4v) is 3.76. The summed E-state index contributed by atoms with van der Waals surface area (Å²) in [7, 11) is 0. The Balaban J connectivity index is 0.000000242. The van der Waals surface area contributed by atoms with Gasteiger partial charge in [-0.1, -0.05) is 71.6 Å². The Kier molecular flexibility index (Phi) is 12.4. The summed E-state index contributed by atoms with van der Waals surface area (Å²) in [5.74, 6) is 1.10. The molecular weight excluding hydrogens is 362 g/mol. The number of carbonyl (C=O) groups excluding carboxylic acids is 1. The van der Waals surface area contributed by atoms with Crippen LogP contribution < -0.4 is 0 Å². The monoisotopic (exact) mass is 403 g/mol. The molecule has 0 aliphatic heterocycles. The number of fused-ring (bicyclic) bond motifs is 1. The quantitative estimate of drug-likeness (QED) is 0.468. The fourth-order valence-electron chi connectivity index (χ4n) is 3.76. The second kappa shape index (κ2) is 14.3. The van der Waals surface area contributed by atoms with Gasteiger partial charge < -0.3 is 5.11 Å². The van der Waals surface area contributed by atoms with Crippen LogP contribution in [0.4, 0.5) is 0 Å². The number of aliphatic hydroxyl groups excluding tert-OH is 1. The van der Waals surface area contributed by atoms with Gasteiger partial charge in [-0.25, -0.2) is 9.50 Å². The number of carbonyl (C=O) groups is 1. The molecule has 0 spiro atoms. The minimum absolute atomic E-state index is 0.00231. The predicted molar refractivity (Wildman–Crippen MR) is 121 cm³/mol. The van der Waals surface area contributed by atoms with Gasteiger partial charge in [0.25, 0.3) is 0 Å². The van der Waals surface area contributed by atoms with Gasteiger partial charge in [0, 0.05) is 18.0 Å². The van der Waals surface area contributed by atoms with Crippen molar-refractivity contribution in [3.8, 4) is 0 Å².